The maximum atomic E-state index is 12.9. The molecule has 8 heteroatoms. The van der Waals surface area contributed by atoms with Crippen molar-refractivity contribution in [2.45, 2.75) is 0 Å². The maximum Gasteiger partial charge on any atom is 0.311 e. The summed E-state index contributed by atoms with van der Waals surface area (Å²) < 4.78 is 12.7. The smallest absolute Gasteiger partial charge is 0.258 e. The lowest BCUT2D eigenvalue weighted by atomic mass is 10.3. The largest absolute Gasteiger partial charge is 0.311 e. The van der Waals surface area contributed by atoms with Crippen molar-refractivity contribution < 1.29 is 14.2 Å². The van der Waals surface area contributed by atoms with E-state index >= 15 is 0 Å². The van der Waals surface area contributed by atoms with Gasteiger partial charge in [0.15, 0.2) is 0 Å². The Morgan fingerprint density at radius 3 is 2.07 bits per heavy atom. The lowest BCUT2D eigenvalue weighted by Crippen LogP contribution is -1.96. The number of hydrogen-bond donors (Lipinski definition) is 0. The fraction of sp³-hybridized carbons (Fsp3) is 0. The molecule has 0 aliphatic rings. The number of rotatable bonds is 2. The Hall–Kier alpha value is -1.57. The minimum atomic E-state index is -1.12. The number of nitro groups is 2. The van der Waals surface area contributed by atoms with Crippen molar-refractivity contribution in [2.24, 2.45) is 0 Å². The molecule has 0 saturated carbocycles. The second-order valence-corrected chi connectivity index (χ2v) is 3.12. The predicted molar refractivity (Wildman–Crippen MR) is 47.4 cm³/mol. The molecular formula is C6H2BrFN2O4. The molecule has 74 valence electrons. The SMILES string of the molecule is O=[N+]([O-])c1cc([N+](=O)[O-])c(Br)cc1F. The summed E-state index contributed by atoms with van der Waals surface area (Å²) in [6, 6.07) is 1.26. The van der Waals surface area contributed by atoms with Crippen LogP contribution in [-0.2, 0) is 0 Å². The summed E-state index contributed by atoms with van der Waals surface area (Å²) in [6.07, 6.45) is 0. The van der Waals surface area contributed by atoms with E-state index in [9.17, 15) is 24.6 Å². The number of halogens is 2. The van der Waals surface area contributed by atoms with Crippen molar-refractivity contribution in [3.8, 4) is 0 Å². The van der Waals surface area contributed by atoms with Gasteiger partial charge in [-0.05, 0) is 15.9 Å². The molecule has 1 aromatic carbocycles. The van der Waals surface area contributed by atoms with Crippen LogP contribution in [0.25, 0.3) is 0 Å². The predicted octanol–water partition coefficient (Wildman–Crippen LogP) is 2.40. The summed E-state index contributed by atoms with van der Waals surface area (Å²) in [5.41, 5.74) is -1.46. The van der Waals surface area contributed by atoms with E-state index in [-0.39, 0.29) is 4.47 Å². The third kappa shape index (κ3) is 1.84. The lowest BCUT2D eigenvalue weighted by Gasteiger charge is -1.96. The van der Waals surface area contributed by atoms with Crippen LogP contribution < -0.4 is 0 Å². The van der Waals surface area contributed by atoms with E-state index in [0.29, 0.717) is 12.1 Å². The van der Waals surface area contributed by atoms with Crippen molar-refractivity contribution in [1.82, 2.24) is 0 Å². The van der Waals surface area contributed by atoms with Crippen molar-refractivity contribution in [3.05, 3.63) is 42.7 Å². The van der Waals surface area contributed by atoms with Gasteiger partial charge in [-0.3, -0.25) is 20.2 Å². The van der Waals surface area contributed by atoms with Crippen LogP contribution in [0.4, 0.5) is 15.8 Å². The van der Waals surface area contributed by atoms with E-state index < -0.39 is 27.0 Å². The number of nitrogens with zero attached hydrogens (tertiary/aromatic N) is 2. The molecule has 0 aliphatic heterocycles. The second-order valence-electron chi connectivity index (χ2n) is 2.27. The topological polar surface area (TPSA) is 86.3 Å². The van der Waals surface area contributed by atoms with Crippen LogP contribution in [0.5, 0.6) is 0 Å². The zero-order valence-electron chi connectivity index (χ0n) is 6.44. The van der Waals surface area contributed by atoms with Gasteiger partial charge in [0.25, 0.3) is 5.69 Å². The Morgan fingerprint density at radius 1 is 1.14 bits per heavy atom. The zero-order chi connectivity index (χ0) is 10.9. The number of hydrogen-bond acceptors (Lipinski definition) is 4. The Morgan fingerprint density at radius 2 is 1.64 bits per heavy atom. The first-order valence-electron chi connectivity index (χ1n) is 3.21. The Balaban J connectivity index is 3.42. The minimum Gasteiger partial charge on any atom is -0.258 e. The molecule has 0 aromatic heterocycles. The number of nitro benzene ring substituents is 2. The highest BCUT2D eigenvalue weighted by Crippen LogP contribution is 2.31. The Labute approximate surface area is 84.8 Å². The fourth-order valence-corrected chi connectivity index (χ4v) is 1.27. The van der Waals surface area contributed by atoms with Crippen molar-refractivity contribution in [1.29, 1.82) is 0 Å². The average Bonchev–Trinajstić information content (AvgIpc) is 2.02. The summed E-state index contributed by atoms with van der Waals surface area (Å²) in [5.74, 6) is -1.12. The molecule has 0 unspecified atom stereocenters. The molecule has 0 heterocycles. The summed E-state index contributed by atoms with van der Waals surface area (Å²) in [7, 11) is 0. The van der Waals surface area contributed by atoms with Gasteiger partial charge in [0.1, 0.15) is 0 Å². The van der Waals surface area contributed by atoms with Crippen molar-refractivity contribution in [3.63, 3.8) is 0 Å². The monoisotopic (exact) mass is 264 g/mol. The molecule has 0 atom stereocenters. The van der Waals surface area contributed by atoms with Crippen molar-refractivity contribution >= 4 is 27.3 Å². The van der Waals surface area contributed by atoms with E-state index in [4.69, 9.17) is 0 Å². The molecule has 0 saturated heterocycles. The highest BCUT2D eigenvalue weighted by Gasteiger charge is 2.23. The summed E-state index contributed by atoms with van der Waals surface area (Å²) in [4.78, 5) is 18.7. The molecule has 14 heavy (non-hydrogen) atoms. The molecule has 1 rings (SSSR count). The molecule has 0 bridgehead atoms. The van der Waals surface area contributed by atoms with Gasteiger partial charge in [-0.15, -0.1) is 0 Å². The maximum absolute atomic E-state index is 12.9. The van der Waals surface area contributed by atoms with E-state index in [0.717, 1.165) is 0 Å². The molecular weight excluding hydrogens is 263 g/mol. The molecule has 6 nitrogen and oxygen atoms in total. The van der Waals surface area contributed by atoms with Gasteiger partial charge in [-0.1, -0.05) is 0 Å². The van der Waals surface area contributed by atoms with Crippen LogP contribution in [0.3, 0.4) is 0 Å². The van der Waals surface area contributed by atoms with E-state index in [2.05, 4.69) is 15.9 Å². The van der Waals surface area contributed by atoms with Crippen molar-refractivity contribution in [2.75, 3.05) is 0 Å². The molecule has 0 amide bonds. The third-order valence-corrected chi connectivity index (χ3v) is 2.04. The molecule has 0 radical (unpaired) electrons. The minimum absolute atomic E-state index is 0.134. The summed E-state index contributed by atoms with van der Waals surface area (Å²) in [5, 5.41) is 20.6. The summed E-state index contributed by atoms with van der Waals surface area (Å²) >= 11 is 2.73. The van der Waals surface area contributed by atoms with Crippen LogP contribution in [0.15, 0.2) is 16.6 Å². The molecule has 1 aromatic rings. The number of benzene rings is 1. The quantitative estimate of drug-likeness (QED) is 0.606. The van der Waals surface area contributed by atoms with Crippen LogP contribution in [0.1, 0.15) is 0 Å². The molecule has 0 spiro atoms. The molecule has 0 N–H and O–H groups in total. The average molecular weight is 265 g/mol. The normalized spacial score (nSPS) is 9.86. The first kappa shape index (κ1) is 10.5. The van der Waals surface area contributed by atoms with Crippen LogP contribution in [-0.4, -0.2) is 9.85 Å². The highest BCUT2D eigenvalue weighted by atomic mass is 79.9. The van der Waals surface area contributed by atoms with E-state index in [1.54, 1.807) is 0 Å². The van der Waals surface area contributed by atoms with E-state index in [1.807, 2.05) is 0 Å². The van der Waals surface area contributed by atoms with Gasteiger partial charge >= 0.3 is 5.69 Å². The van der Waals surface area contributed by atoms with Crippen LogP contribution >= 0.6 is 15.9 Å². The molecule has 0 aliphatic carbocycles. The van der Waals surface area contributed by atoms with Gasteiger partial charge in [0, 0.05) is 6.07 Å². The Bertz CT molecular complexity index is 387. The first-order valence-corrected chi connectivity index (χ1v) is 4.00. The highest BCUT2D eigenvalue weighted by molar-refractivity contribution is 9.10. The second kappa shape index (κ2) is 3.66. The van der Waals surface area contributed by atoms with Crippen LogP contribution in [0.2, 0.25) is 0 Å². The fourth-order valence-electron chi connectivity index (χ4n) is 0.806. The zero-order valence-corrected chi connectivity index (χ0v) is 8.02. The molecule has 0 fully saturated rings. The first-order chi connectivity index (χ1) is 6.43. The van der Waals surface area contributed by atoms with Gasteiger partial charge in [-0.2, -0.15) is 4.39 Å². The Kier molecular flexibility index (Phi) is 2.75. The summed E-state index contributed by atoms with van der Waals surface area (Å²) in [6.45, 7) is 0. The van der Waals surface area contributed by atoms with Gasteiger partial charge in [0.2, 0.25) is 5.82 Å². The van der Waals surface area contributed by atoms with E-state index in [1.165, 1.54) is 0 Å². The van der Waals surface area contributed by atoms with Gasteiger partial charge in [0.05, 0.1) is 20.4 Å². The van der Waals surface area contributed by atoms with Gasteiger partial charge in [-0.25, -0.2) is 0 Å². The standard InChI is InChI=1S/C6H2BrFN2O4/c7-3-1-4(8)6(10(13)14)2-5(3)9(11)12/h1-2H. The van der Waals surface area contributed by atoms with Crippen LogP contribution in [0, 0.1) is 26.0 Å². The third-order valence-electron chi connectivity index (χ3n) is 1.41. The lowest BCUT2D eigenvalue weighted by molar-refractivity contribution is -0.396. The van der Waals surface area contributed by atoms with Gasteiger partial charge < -0.3 is 0 Å².